The number of rotatable bonds is 3. The number of hydrogen-bond acceptors (Lipinski definition) is 3. The number of anilines is 1. The maximum absolute atomic E-state index is 13.4. The molecule has 5 heteroatoms. The van der Waals surface area contributed by atoms with E-state index < -0.39 is 0 Å². The van der Waals surface area contributed by atoms with Crippen LogP contribution in [0.4, 0.5) is 5.00 Å². The van der Waals surface area contributed by atoms with Gasteiger partial charge in [-0.15, -0.1) is 11.3 Å². The molecule has 0 radical (unpaired) electrons. The first-order chi connectivity index (χ1) is 13.5. The molecule has 4 rings (SSSR count). The minimum Gasteiger partial charge on any atom is -0.339 e. The van der Waals surface area contributed by atoms with Gasteiger partial charge in [-0.3, -0.25) is 9.59 Å². The highest BCUT2D eigenvalue weighted by Gasteiger charge is 2.32. The van der Waals surface area contributed by atoms with E-state index in [0.717, 1.165) is 55.8 Å². The van der Waals surface area contributed by atoms with Crippen LogP contribution in [0, 0.1) is 11.8 Å². The lowest BCUT2D eigenvalue weighted by Crippen LogP contribution is -2.38. The Balaban J connectivity index is 1.65. The van der Waals surface area contributed by atoms with Crippen molar-refractivity contribution in [3.05, 3.63) is 51.9 Å². The van der Waals surface area contributed by atoms with E-state index in [2.05, 4.69) is 19.2 Å². The van der Waals surface area contributed by atoms with Crippen LogP contribution in [0.15, 0.2) is 30.3 Å². The molecule has 0 unspecified atom stereocenters. The number of amides is 2. The van der Waals surface area contributed by atoms with Crippen molar-refractivity contribution in [2.24, 2.45) is 11.8 Å². The monoisotopic (exact) mass is 396 g/mol. The maximum atomic E-state index is 13.4. The predicted molar refractivity (Wildman–Crippen MR) is 114 cm³/mol. The molecule has 2 aliphatic rings. The maximum Gasteiger partial charge on any atom is 0.257 e. The fourth-order valence-corrected chi connectivity index (χ4v) is 5.60. The van der Waals surface area contributed by atoms with Crippen LogP contribution in [0.3, 0.4) is 0 Å². The number of nitrogens with zero attached hydrogens (tertiary/aromatic N) is 1. The van der Waals surface area contributed by atoms with Crippen LogP contribution < -0.4 is 5.32 Å². The summed E-state index contributed by atoms with van der Waals surface area (Å²) in [6.07, 6.45) is 5.15. The largest absolute Gasteiger partial charge is 0.339 e. The highest BCUT2D eigenvalue weighted by molar-refractivity contribution is 7.17. The summed E-state index contributed by atoms with van der Waals surface area (Å²) < 4.78 is 0. The van der Waals surface area contributed by atoms with Crippen LogP contribution in [-0.4, -0.2) is 29.8 Å². The Morgan fingerprint density at radius 1 is 1.04 bits per heavy atom. The fraction of sp³-hybridized carbons (Fsp3) is 0.478. The average Bonchev–Trinajstić information content (AvgIpc) is 3.05. The molecule has 1 fully saturated rings. The normalized spacial score (nSPS) is 19.9. The van der Waals surface area contributed by atoms with Gasteiger partial charge in [-0.05, 0) is 61.6 Å². The lowest BCUT2D eigenvalue weighted by molar-refractivity contribution is 0.0697. The van der Waals surface area contributed by atoms with Crippen molar-refractivity contribution in [2.75, 3.05) is 18.4 Å². The van der Waals surface area contributed by atoms with E-state index in [4.69, 9.17) is 0 Å². The summed E-state index contributed by atoms with van der Waals surface area (Å²) in [6.45, 7) is 6.14. The molecule has 148 valence electrons. The number of thiophene rings is 1. The van der Waals surface area contributed by atoms with Gasteiger partial charge in [-0.25, -0.2) is 0 Å². The van der Waals surface area contributed by atoms with Crippen molar-refractivity contribution in [3.63, 3.8) is 0 Å². The number of piperidine rings is 1. The van der Waals surface area contributed by atoms with Gasteiger partial charge in [-0.1, -0.05) is 32.0 Å². The zero-order valence-corrected chi connectivity index (χ0v) is 17.5. The minimum absolute atomic E-state index is 0.0994. The first-order valence-corrected chi connectivity index (χ1v) is 11.1. The van der Waals surface area contributed by atoms with E-state index in [1.165, 1.54) is 10.4 Å². The summed E-state index contributed by atoms with van der Waals surface area (Å²) in [5.74, 6) is 1.26. The molecule has 1 atom stereocenters. The van der Waals surface area contributed by atoms with Crippen LogP contribution in [0.5, 0.6) is 0 Å². The van der Waals surface area contributed by atoms with E-state index >= 15 is 0 Å². The Morgan fingerprint density at radius 3 is 2.46 bits per heavy atom. The molecule has 1 aromatic heterocycles. The van der Waals surface area contributed by atoms with Gasteiger partial charge in [0.1, 0.15) is 5.00 Å². The summed E-state index contributed by atoms with van der Waals surface area (Å²) in [7, 11) is 0. The molecule has 1 aliphatic carbocycles. The minimum atomic E-state index is -0.145. The summed E-state index contributed by atoms with van der Waals surface area (Å²) in [5.41, 5.74) is 2.55. The third-order valence-corrected chi connectivity index (χ3v) is 7.23. The molecule has 28 heavy (non-hydrogen) atoms. The zero-order chi connectivity index (χ0) is 19.7. The van der Waals surface area contributed by atoms with Crippen LogP contribution in [0.1, 0.15) is 64.3 Å². The highest BCUT2D eigenvalue weighted by atomic mass is 32.1. The Hall–Kier alpha value is -2.14. The van der Waals surface area contributed by atoms with Gasteiger partial charge in [0.15, 0.2) is 0 Å². The topological polar surface area (TPSA) is 49.4 Å². The molecular weight excluding hydrogens is 368 g/mol. The highest BCUT2D eigenvalue weighted by Crippen LogP contribution is 2.40. The summed E-state index contributed by atoms with van der Waals surface area (Å²) in [4.78, 5) is 29.5. The predicted octanol–water partition coefficient (Wildman–Crippen LogP) is 5.00. The first-order valence-electron chi connectivity index (χ1n) is 10.3. The Bertz CT molecular complexity index is 866. The lowest BCUT2D eigenvalue weighted by atomic mass is 9.88. The van der Waals surface area contributed by atoms with Crippen molar-refractivity contribution < 1.29 is 9.59 Å². The smallest absolute Gasteiger partial charge is 0.257 e. The number of carbonyl (C=O) groups is 2. The first kappa shape index (κ1) is 19.2. The van der Waals surface area contributed by atoms with Crippen molar-refractivity contribution >= 4 is 28.2 Å². The SMILES string of the molecule is CC1CCN(C(=O)c2c(NC(=O)c3ccccc3)sc3c2CC[C@@H](C)C3)CC1. The molecule has 0 saturated carbocycles. The Labute approximate surface area is 170 Å². The van der Waals surface area contributed by atoms with Gasteiger partial charge >= 0.3 is 0 Å². The van der Waals surface area contributed by atoms with Crippen molar-refractivity contribution in [3.8, 4) is 0 Å². The number of likely N-dealkylation sites (tertiary alicyclic amines) is 1. The van der Waals surface area contributed by atoms with Crippen molar-refractivity contribution in [1.82, 2.24) is 4.90 Å². The van der Waals surface area contributed by atoms with Crippen molar-refractivity contribution in [2.45, 2.75) is 46.0 Å². The van der Waals surface area contributed by atoms with E-state index in [1.807, 2.05) is 23.1 Å². The molecule has 1 aromatic carbocycles. The number of nitrogens with one attached hydrogen (secondary N) is 1. The Kier molecular flexibility index (Phi) is 5.54. The summed E-state index contributed by atoms with van der Waals surface area (Å²) >= 11 is 1.60. The molecular formula is C23H28N2O2S. The molecule has 2 amide bonds. The quantitative estimate of drug-likeness (QED) is 0.794. The van der Waals surface area contributed by atoms with Gasteiger partial charge in [0.05, 0.1) is 5.56 Å². The fourth-order valence-electron chi connectivity index (χ4n) is 4.20. The second-order valence-corrected chi connectivity index (χ2v) is 9.46. The molecule has 1 N–H and O–H groups in total. The molecule has 4 nitrogen and oxygen atoms in total. The third kappa shape index (κ3) is 3.86. The molecule has 0 bridgehead atoms. The molecule has 0 spiro atoms. The van der Waals surface area contributed by atoms with E-state index in [1.54, 1.807) is 23.5 Å². The van der Waals surface area contributed by atoms with Gasteiger partial charge in [0.25, 0.3) is 11.8 Å². The zero-order valence-electron chi connectivity index (χ0n) is 16.7. The lowest BCUT2D eigenvalue weighted by Gasteiger charge is -2.31. The van der Waals surface area contributed by atoms with Gasteiger partial charge in [-0.2, -0.15) is 0 Å². The van der Waals surface area contributed by atoms with Crippen LogP contribution in [0.2, 0.25) is 0 Å². The standard InChI is InChI=1S/C23H28N2O2S/c1-15-10-12-25(13-11-15)23(27)20-18-9-8-16(2)14-19(18)28-22(20)24-21(26)17-6-4-3-5-7-17/h3-7,15-16H,8-14H2,1-2H3,(H,24,26)/t16-/m1/s1. The third-order valence-electron chi connectivity index (χ3n) is 6.06. The number of benzene rings is 1. The van der Waals surface area contributed by atoms with Gasteiger partial charge < -0.3 is 10.2 Å². The van der Waals surface area contributed by atoms with Crippen molar-refractivity contribution in [1.29, 1.82) is 0 Å². The average molecular weight is 397 g/mol. The molecule has 1 aliphatic heterocycles. The number of hydrogen-bond donors (Lipinski definition) is 1. The van der Waals surface area contributed by atoms with E-state index in [-0.39, 0.29) is 11.8 Å². The van der Waals surface area contributed by atoms with Crippen LogP contribution >= 0.6 is 11.3 Å². The number of fused-ring (bicyclic) bond motifs is 1. The Morgan fingerprint density at radius 2 is 1.75 bits per heavy atom. The van der Waals surface area contributed by atoms with E-state index in [0.29, 0.717) is 17.4 Å². The van der Waals surface area contributed by atoms with Gasteiger partial charge in [0.2, 0.25) is 0 Å². The van der Waals surface area contributed by atoms with Crippen LogP contribution in [0.25, 0.3) is 0 Å². The molecule has 2 heterocycles. The second kappa shape index (κ2) is 8.08. The molecule has 1 saturated heterocycles. The van der Waals surface area contributed by atoms with Gasteiger partial charge in [0, 0.05) is 23.5 Å². The molecule has 2 aromatic rings. The number of carbonyl (C=O) groups excluding carboxylic acids is 2. The van der Waals surface area contributed by atoms with E-state index in [9.17, 15) is 9.59 Å². The second-order valence-electron chi connectivity index (χ2n) is 8.35. The summed E-state index contributed by atoms with van der Waals surface area (Å²) in [5, 5.41) is 3.79. The summed E-state index contributed by atoms with van der Waals surface area (Å²) in [6, 6.07) is 9.22. The van der Waals surface area contributed by atoms with Crippen LogP contribution in [-0.2, 0) is 12.8 Å².